The molecule has 94 valence electrons. The number of alkyl halides is 2. The van der Waals surface area contributed by atoms with E-state index in [1.807, 2.05) is 0 Å². The first-order chi connectivity index (χ1) is 7.56. The number of amides is 1. The van der Waals surface area contributed by atoms with Crippen LogP contribution in [-0.2, 0) is 9.53 Å². The number of halogens is 2. The molecule has 3 N–H and O–H groups in total. The highest BCUT2D eigenvalue weighted by atomic mass is 19.3. The van der Waals surface area contributed by atoms with Gasteiger partial charge in [0.1, 0.15) is 6.10 Å². The van der Waals surface area contributed by atoms with Gasteiger partial charge in [0, 0.05) is 12.6 Å². The van der Waals surface area contributed by atoms with Crippen molar-refractivity contribution >= 4 is 5.91 Å². The molecule has 3 unspecified atom stereocenters. The lowest BCUT2D eigenvalue weighted by Gasteiger charge is -2.17. The monoisotopic (exact) mass is 238 g/mol. The molecule has 16 heavy (non-hydrogen) atoms. The summed E-state index contributed by atoms with van der Waals surface area (Å²) in [4.78, 5) is 11.6. The minimum absolute atomic E-state index is 0.108. The van der Waals surface area contributed by atoms with Gasteiger partial charge in [-0.2, -0.15) is 0 Å². The molecule has 5 nitrogen and oxygen atoms in total. The van der Waals surface area contributed by atoms with Crippen molar-refractivity contribution < 1.29 is 23.4 Å². The van der Waals surface area contributed by atoms with Crippen molar-refractivity contribution in [2.75, 3.05) is 26.8 Å². The Labute approximate surface area is 92.2 Å². The second kappa shape index (κ2) is 6.07. The summed E-state index contributed by atoms with van der Waals surface area (Å²) in [5.41, 5.74) is 0. The Morgan fingerprint density at radius 2 is 2.25 bits per heavy atom. The van der Waals surface area contributed by atoms with Gasteiger partial charge < -0.3 is 20.5 Å². The van der Waals surface area contributed by atoms with Crippen molar-refractivity contribution in [1.82, 2.24) is 10.6 Å². The van der Waals surface area contributed by atoms with Crippen molar-refractivity contribution in [3.05, 3.63) is 0 Å². The number of hydrogen-bond donors (Lipinski definition) is 3. The van der Waals surface area contributed by atoms with Gasteiger partial charge in [0.2, 0.25) is 5.91 Å². The van der Waals surface area contributed by atoms with Gasteiger partial charge >= 0.3 is 0 Å². The number of likely N-dealkylation sites (N-methyl/N-ethyl adjacent to an activating group) is 1. The molecule has 1 fully saturated rings. The van der Waals surface area contributed by atoms with Crippen molar-refractivity contribution in [2.24, 2.45) is 5.92 Å². The summed E-state index contributed by atoms with van der Waals surface area (Å²) in [6.45, 7) is 0.248. The molecule has 1 saturated heterocycles. The molecule has 1 aliphatic heterocycles. The van der Waals surface area contributed by atoms with Crippen LogP contribution in [0.3, 0.4) is 0 Å². The van der Waals surface area contributed by atoms with Crippen molar-refractivity contribution in [2.45, 2.75) is 18.6 Å². The lowest BCUT2D eigenvalue weighted by atomic mass is 10.0. The summed E-state index contributed by atoms with van der Waals surface area (Å²) in [7, 11) is 1.70. The van der Waals surface area contributed by atoms with Crippen LogP contribution in [0.1, 0.15) is 0 Å². The average Bonchev–Trinajstić information content (AvgIpc) is 2.73. The Bertz CT molecular complexity index is 241. The average molecular weight is 238 g/mol. The molecule has 0 radical (unpaired) electrons. The summed E-state index contributed by atoms with van der Waals surface area (Å²) < 4.78 is 29.0. The Kier molecular flexibility index (Phi) is 5.04. The molecular formula is C9H16F2N2O3. The third-order valence-electron chi connectivity index (χ3n) is 2.56. The number of carbonyl (C=O) groups is 1. The summed E-state index contributed by atoms with van der Waals surface area (Å²) in [5, 5.41) is 14.0. The van der Waals surface area contributed by atoms with E-state index < -0.39 is 25.0 Å². The van der Waals surface area contributed by atoms with Crippen LogP contribution >= 0.6 is 0 Å². The fourth-order valence-electron chi connectivity index (χ4n) is 1.52. The van der Waals surface area contributed by atoms with Crippen LogP contribution in [0, 0.1) is 5.92 Å². The molecular weight excluding hydrogens is 222 g/mol. The van der Waals surface area contributed by atoms with Crippen molar-refractivity contribution in [3.63, 3.8) is 0 Å². The lowest BCUT2D eigenvalue weighted by molar-refractivity contribution is -0.126. The molecule has 0 bridgehead atoms. The van der Waals surface area contributed by atoms with E-state index in [1.165, 1.54) is 0 Å². The number of rotatable bonds is 5. The Morgan fingerprint density at radius 1 is 1.56 bits per heavy atom. The fraction of sp³-hybridized carbons (Fsp3) is 0.889. The third kappa shape index (κ3) is 3.36. The van der Waals surface area contributed by atoms with Crippen molar-refractivity contribution in [1.29, 1.82) is 0 Å². The maximum Gasteiger partial charge on any atom is 0.265 e. The maximum absolute atomic E-state index is 12.0. The molecule has 0 aromatic rings. The fourth-order valence-corrected chi connectivity index (χ4v) is 1.52. The van der Waals surface area contributed by atoms with E-state index >= 15 is 0 Å². The van der Waals surface area contributed by atoms with Crippen LogP contribution in [-0.4, -0.2) is 56.4 Å². The van der Waals surface area contributed by atoms with Crippen molar-refractivity contribution in [3.8, 4) is 0 Å². The number of ether oxygens (including phenoxy) is 1. The second-order valence-corrected chi connectivity index (χ2v) is 3.69. The minimum Gasteiger partial charge on any atom is -0.385 e. The van der Waals surface area contributed by atoms with Crippen LogP contribution in [0.15, 0.2) is 0 Å². The molecule has 0 saturated carbocycles. The van der Waals surface area contributed by atoms with E-state index in [0.717, 1.165) is 0 Å². The third-order valence-corrected chi connectivity index (χ3v) is 2.56. The number of aliphatic hydroxyl groups excluding tert-OH is 1. The zero-order chi connectivity index (χ0) is 12.1. The molecule has 0 aromatic carbocycles. The predicted octanol–water partition coefficient (Wildman–Crippen LogP) is -1.04. The highest BCUT2D eigenvalue weighted by Gasteiger charge is 2.33. The van der Waals surface area contributed by atoms with E-state index in [9.17, 15) is 13.6 Å². The molecule has 0 aromatic heterocycles. The normalized spacial score (nSPS) is 27.1. The van der Waals surface area contributed by atoms with Crippen LogP contribution in [0.5, 0.6) is 0 Å². The highest BCUT2D eigenvalue weighted by Crippen LogP contribution is 2.13. The molecule has 3 atom stereocenters. The van der Waals surface area contributed by atoms with E-state index in [2.05, 4.69) is 10.6 Å². The van der Waals surface area contributed by atoms with Crippen LogP contribution in [0.25, 0.3) is 0 Å². The number of hydrogen-bond acceptors (Lipinski definition) is 4. The van der Waals surface area contributed by atoms with Crippen LogP contribution in [0.2, 0.25) is 0 Å². The highest BCUT2D eigenvalue weighted by molar-refractivity contribution is 5.79. The molecule has 1 amide bonds. The van der Waals surface area contributed by atoms with E-state index in [1.54, 1.807) is 7.05 Å². The quantitative estimate of drug-likeness (QED) is 0.572. The Hall–Kier alpha value is -0.790. The molecule has 1 heterocycles. The van der Waals surface area contributed by atoms with Gasteiger partial charge in [-0.25, -0.2) is 8.78 Å². The largest absolute Gasteiger partial charge is 0.385 e. The maximum atomic E-state index is 12.0. The number of aliphatic hydroxyl groups is 1. The number of carbonyl (C=O) groups excluding carboxylic acids is 1. The molecule has 0 spiro atoms. The molecule has 0 aliphatic carbocycles. The first kappa shape index (κ1) is 13.3. The standard InChI is InChI=1S/C9H16F2N2O3/c1-12-6-4-16-3-5(6)9(15)13-2-7(14)8(10)11/h5-8,12,14H,2-4H2,1H3,(H,13,15). The van der Waals surface area contributed by atoms with Crippen LogP contribution in [0.4, 0.5) is 8.78 Å². The molecule has 1 aliphatic rings. The summed E-state index contributed by atoms with van der Waals surface area (Å²) in [5.74, 6) is -0.772. The van der Waals surface area contributed by atoms with Gasteiger partial charge in [0.05, 0.1) is 19.1 Å². The predicted molar refractivity (Wildman–Crippen MR) is 52.2 cm³/mol. The zero-order valence-electron chi connectivity index (χ0n) is 8.95. The van der Waals surface area contributed by atoms with Crippen LogP contribution < -0.4 is 10.6 Å². The van der Waals surface area contributed by atoms with Gasteiger partial charge in [0.15, 0.2) is 0 Å². The van der Waals surface area contributed by atoms with Gasteiger partial charge in [-0.05, 0) is 7.05 Å². The summed E-state index contributed by atoms with van der Waals surface area (Å²) in [6.07, 6.45) is -4.67. The summed E-state index contributed by atoms with van der Waals surface area (Å²) >= 11 is 0. The smallest absolute Gasteiger partial charge is 0.265 e. The lowest BCUT2D eigenvalue weighted by Crippen LogP contribution is -2.45. The van der Waals surface area contributed by atoms with Gasteiger partial charge in [-0.3, -0.25) is 4.79 Å². The first-order valence-corrected chi connectivity index (χ1v) is 5.05. The summed E-state index contributed by atoms with van der Waals surface area (Å²) in [6, 6.07) is -0.108. The Morgan fingerprint density at radius 3 is 2.81 bits per heavy atom. The molecule has 7 heteroatoms. The Balaban J connectivity index is 2.34. The molecule has 1 rings (SSSR count). The minimum atomic E-state index is -2.85. The van der Waals surface area contributed by atoms with Gasteiger partial charge in [-0.1, -0.05) is 0 Å². The second-order valence-electron chi connectivity index (χ2n) is 3.69. The van der Waals surface area contributed by atoms with E-state index in [-0.39, 0.29) is 18.6 Å². The number of nitrogens with one attached hydrogen (secondary N) is 2. The first-order valence-electron chi connectivity index (χ1n) is 5.05. The topological polar surface area (TPSA) is 70.6 Å². The van der Waals surface area contributed by atoms with E-state index in [4.69, 9.17) is 9.84 Å². The van der Waals surface area contributed by atoms with Gasteiger partial charge in [-0.15, -0.1) is 0 Å². The van der Waals surface area contributed by atoms with E-state index in [0.29, 0.717) is 6.61 Å². The van der Waals surface area contributed by atoms with Gasteiger partial charge in [0.25, 0.3) is 6.43 Å². The zero-order valence-corrected chi connectivity index (χ0v) is 8.95. The SMILES string of the molecule is CNC1COCC1C(=O)NCC(O)C(F)F.